The highest BCUT2D eigenvalue weighted by atomic mass is 79.9. The summed E-state index contributed by atoms with van der Waals surface area (Å²) < 4.78 is 2.92. The Kier molecular flexibility index (Phi) is 5.74. The summed E-state index contributed by atoms with van der Waals surface area (Å²) in [5, 5.41) is 16.4. The van der Waals surface area contributed by atoms with Crippen molar-refractivity contribution in [2.24, 2.45) is 10.1 Å². The Morgan fingerprint density at radius 3 is 2.54 bits per heavy atom. The van der Waals surface area contributed by atoms with Crippen LogP contribution in [-0.4, -0.2) is 21.5 Å². The number of hydrogen-bond donors (Lipinski definition) is 1. The summed E-state index contributed by atoms with van der Waals surface area (Å²) in [6.07, 6.45) is 0. The highest BCUT2D eigenvalue weighted by molar-refractivity contribution is 9.10. The third kappa shape index (κ3) is 4.31. The second kappa shape index (κ2) is 8.01. The molecule has 0 bridgehead atoms. The van der Waals surface area contributed by atoms with Crippen LogP contribution in [-0.2, 0) is 0 Å². The number of phenolic OH excluding ortho intramolecular Hbond substituents is 1. The maximum Gasteiger partial charge on any atom is 0.206 e. The molecule has 0 fully saturated rings. The van der Waals surface area contributed by atoms with Crippen LogP contribution in [0.3, 0.4) is 0 Å². The minimum absolute atomic E-state index is 0.180. The molecule has 1 N–H and O–H groups in total. The Labute approximate surface area is 165 Å². The first-order chi connectivity index (χ1) is 12.4. The molecule has 26 heavy (non-hydrogen) atoms. The van der Waals surface area contributed by atoms with Crippen LogP contribution in [0.1, 0.15) is 26.3 Å². The minimum Gasteiger partial charge on any atom is -0.508 e. The van der Waals surface area contributed by atoms with Crippen LogP contribution in [0.4, 0.5) is 0 Å². The second-order valence-electron chi connectivity index (χ2n) is 6.18. The van der Waals surface area contributed by atoms with Gasteiger partial charge >= 0.3 is 0 Å². The van der Waals surface area contributed by atoms with Crippen molar-refractivity contribution in [3.63, 3.8) is 0 Å². The molecule has 1 aromatic heterocycles. The Morgan fingerprint density at radius 2 is 1.88 bits per heavy atom. The third-order valence-electron chi connectivity index (χ3n) is 3.71. The van der Waals surface area contributed by atoms with Crippen molar-refractivity contribution in [3.8, 4) is 17.0 Å². The molecule has 0 atom stereocenters. The molecule has 2 aromatic carbocycles. The van der Waals surface area contributed by atoms with Gasteiger partial charge in [0.2, 0.25) is 4.80 Å². The summed E-state index contributed by atoms with van der Waals surface area (Å²) in [5.41, 5.74) is 3.87. The number of aromatic hydroxyl groups is 1. The van der Waals surface area contributed by atoms with Crippen LogP contribution in [0, 0.1) is 0 Å². The molecule has 0 saturated carbocycles. The monoisotopic (exact) mass is 429 g/mol. The summed E-state index contributed by atoms with van der Waals surface area (Å²) in [6, 6.07) is 15.4. The van der Waals surface area contributed by atoms with E-state index in [-0.39, 0.29) is 11.8 Å². The highest BCUT2D eigenvalue weighted by Crippen LogP contribution is 2.24. The van der Waals surface area contributed by atoms with Gasteiger partial charge < -0.3 is 5.11 Å². The number of halogens is 1. The number of benzene rings is 2. The molecular weight excluding hydrogens is 410 g/mol. The van der Waals surface area contributed by atoms with Gasteiger partial charge in [-0.15, -0.1) is 11.3 Å². The van der Waals surface area contributed by atoms with Crippen LogP contribution in [0.15, 0.2) is 68.5 Å². The molecule has 6 heteroatoms. The van der Waals surface area contributed by atoms with Gasteiger partial charge in [0.15, 0.2) is 0 Å². The number of phenols is 1. The lowest BCUT2D eigenvalue weighted by molar-refractivity contribution is 0.475. The smallest absolute Gasteiger partial charge is 0.206 e. The predicted molar refractivity (Wildman–Crippen MR) is 112 cm³/mol. The number of aromatic nitrogens is 1. The standard InChI is InChI=1S/C20H20BrN3OS/c1-13(2)22-20-24(23-14(3)15-7-9-18(25)10-8-15)19(12-26-20)16-5-4-6-17(21)11-16/h4-13,25H,1-3H3. The summed E-state index contributed by atoms with van der Waals surface area (Å²) in [4.78, 5) is 5.57. The highest BCUT2D eigenvalue weighted by Gasteiger charge is 2.10. The van der Waals surface area contributed by atoms with Crippen molar-refractivity contribution in [2.75, 3.05) is 0 Å². The first kappa shape index (κ1) is 18.6. The molecule has 3 rings (SSSR count). The van der Waals surface area contributed by atoms with Crippen molar-refractivity contribution in [3.05, 3.63) is 68.7 Å². The quantitative estimate of drug-likeness (QED) is 0.564. The van der Waals surface area contributed by atoms with Crippen molar-refractivity contribution < 1.29 is 5.11 Å². The summed E-state index contributed by atoms with van der Waals surface area (Å²) in [7, 11) is 0. The van der Waals surface area contributed by atoms with Gasteiger partial charge in [-0.1, -0.05) is 28.1 Å². The summed E-state index contributed by atoms with van der Waals surface area (Å²) in [5.74, 6) is 0.245. The number of hydrogen-bond acceptors (Lipinski definition) is 4. The molecule has 0 amide bonds. The number of thiazole rings is 1. The Hall–Kier alpha value is -2.18. The first-order valence-corrected chi connectivity index (χ1v) is 9.96. The van der Waals surface area contributed by atoms with E-state index < -0.39 is 0 Å². The second-order valence-corrected chi connectivity index (χ2v) is 7.93. The van der Waals surface area contributed by atoms with Gasteiger partial charge in [-0.05, 0) is 62.7 Å². The Bertz CT molecular complexity index is 1000. The van der Waals surface area contributed by atoms with Gasteiger partial charge in [-0.2, -0.15) is 5.10 Å². The van der Waals surface area contributed by atoms with E-state index in [9.17, 15) is 5.11 Å². The normalized spacial score (nSPS) is 12.8. The average molecular weight is 430 g/mol. The Morgan fingerprint density at radius 1 is 1.15 bits per heavy atom. The first-order valence-electron chi connectivity index (χ1n) is 8.29. The van der Waals surface area contributed by atoms with Gasteiger partial charge in [0.1, 0.15) is 5.75 Å². The topological polar surface area (TPSA) is 49.9 Å². The fraction of sp³-hybridized carbons (Fsp3) is 0.200. The third-order valence-corrected chi connectivity index (χ3v) is 5.03. The van der Waals surface area contributed by atoms with Crippen molar-refractivity contribution in [1.29, 1.82) is 0 Å². The van der Waals surface area contributed by atoms with E-state index in [4.69, 9.17) is 10.1 Å². The molecule has 0 aliphatic carbocycles. The van der Waals surface area contributed by atoms with E-state index in [2.05, 4.69) is 47.3 Å². The fourth-order valence-electron chi connectivity index (χ4n) is 2.46. The van der Waals surface area contributed by atoms with Crippen molar-refractivity contribution in [1.82, 2.24) is 4.68 Å². The maximum absolute atomic E-state index is 9.49. The van der Waals surface area contributed by atoms with Crippen LogP contribution in [0.25, 0.3) is 11.3 Å². The van der Waals surface area contributed by atoms with E-state index in [1.54, 1.807) is 23.5 Å². The summed E-state index contributed by atoms with van der Waals surface area (Å²) >= 11 is 5.12. The van der Waals surface area contributed by atoms with Gasteiger partial charge in [-0.25, -0.2) is 4.68 Å². The molecule has 1 heterocycles. The molecule has 0 unspecified atom stereocenters. The number of rotatable bonds is 4. The van der Waals surface area contributed by atoms with Crippen LogP contribution in [0.2, 0.25) is 0 Å². The van der Waals surface area contributed by atoms with Gasteiger partial charge in [-0.3, -0.25) is 4.99 Å². The fourth-order valence-corrected chi connectivity index (χ4v) is 3.83. The van der Waals surface area contributed by atoms with Crippen LogP contribution in [0.5, 0.6) is 5.75 Å². The summed E-state index contributed by atoms with van der Waals surface area (Å²) in [6.45, 7) is 6.07. The SMILES string of the molecule is CC(=Nn1c(-c2cccc(Br)c2)csc1=NC(C)C)c1ccc(O)cc1. The number of nitrogens with zero attached hydrogens (tertiary/aromatic N) is 3. The molecule has 0 aliphatic rings. The van der Waals surface area contributed by atoms with Crippen molar-refractivity contribution >= 4 is 33.0 Å². The molecule has 0 spiro atoms. The minimum atomic E-state index is 0.180. The molecule has 3 aromatic rings. The molecule has 0 radical (unpaired) electrons. The molecule has 134 valence electrons. The van der Waals surface area contributed by atoms with E-state index >= 15 is 0 Å². The van der Waals surface area contributed by atoms with Gasteiger partial charge in [0.25, 0.3) is 0 Å². The van der Waals surface area contributed by atoms with Crippen LogP contribution < -0.4 is 4.80 Å². The largest absolute Gasteiger partial charge is 0.508 e. The van der Waals surface area contributed by atoms with E-state index in [0.29, 0.717) is 0 Å². The predicted octanol–water partition coefficient (Wildman–Crippen LogP) is 5.27. The van der Waals surface area contributed by atoms with Crippen LogP contribution >= 0.6 is 27.3 Å². The zero-order chi connectivity index (χ0) is 18.7. The lowest BCUT2D eigenvalue weighted by atomic mass is 10.1. The molecular formula is C20H20BrN3OS. The van der Waals surface area contributed by atoms with Gasteiger partial charge in [0.05, 0.1) is 11.4 Å². The zero-order valence-corrected chi connectivity index (χ0v) is 17.3. The van der Waals surface area contributed by atoms with Crippen molar-refractivity contribution in [2.45, 2.75) is 26.8 Å². The Balaban J connectivity index is 2.16. The molecule has 0 saturated heterocycles. The van der Waals surface area contributed by atoms with Gasteiger partial charge in [0, 0.05) is 21.5 Å². The van der Waals surface area contributed by atoms with E-state index in [1.165, 1.54) is 0 Å². The molecule has 0 aliphatic heterocycles. The lowest BCUT2D eigenvalue weighted by Crippen LogP contribution is -2.16. The molecule has 4 nitrogen and oxygen atoms in total. The lowest BCUT2D eigenvalue weighted by Gasteiger charge is -2.07. The maximum atomic E-state index is 9.49. The van der Waals surface area contributed by atoms with E-state index in [1.807, 2.05) is 35.9 Å². The zero-order valence-electron chi connectivity index (χ0n) is 14.8. The van der Waals surface area contributed by atoms with E-state index in [0.717, 1.165) is 31.8 Å². The average Bonchev–Trinajstić information content (AvgIpc) is 2.97.